The molecule has 1 aliphatic carbocycles. The third-order valence-corrected chi connectivity index (χ3v) is 7.51. The van der Waals surface area contributed by atoms with E-state index in [9.17, 15) is 0 Å². The van der Waals surface area contributed by atoms with E-state index in [-0.39, 0.29) is 0 Å². The lowest BCUT2D eigenvalue weighted by molar-refractivity contribution is 0.277. The molecule has 2 fully saturated rings. The first-order valence-corrected chi connectivity index (χ1v) is 13.6. The maximum atomic E-state index is 6.44. The number of hydrogen-bond acceptors (Lipinski definition) is 8. The minimum Gasteiger partial charge on any atom is -0.495 e. The number of aromatic nitrogens is 3. The summed E-state index contributed by atoms with van der Waals surface area (Å²) in [6, 6.07) is 6.68. The molecule has 2 aliphatic rings. The van der Waals surface area contributed by atoms with Crippen molar-refractivity contribution >= 4 is 35.1 Å². The molecule has 35 heavy (non-hydrogen) atoms. The van der Waals surface area contributed by atoms with Crippen molar-refractivity contribution in [3.05, 3.63) is 23.2 Å². The molecule has 1 atom stereocenters. The van der Waals surface area contributed by atoms with E-state index in [1.165, 1.54) is 45.1 Å². The number of likely N-dealkylation sites (N-methyl/N-ethyl adjacent to an activating group) is 1. The summed E-state index contributed by atoms with van der Waals surface area (Å²) >= 11 is 6.44. The Hall–Kier alpha value is -2.32. The lowest BCUT2D eigenvalue weighted by Crippen LogP contribution is -2.35. The summed E-state index contributed by atoms with van der Waals surface area (Å²) in [5.41, 5.74) is 0.920. The van der Waals surface area contributed by atoms with Gasteiger partial charge in [0, 0.05) is 30.9 Å². The summed E-state index contributed by atoms with van der Waals surface area (Å²) in [6.07, 6.45) is 9.89. The van der Waals surface area contributed by atoms with Gasteiger partial charge >= 0.3 is 0 Å². The van der Waals surface area contributed by atoms with Crippen molar-refractivity contribution in [2.24, 2.45) is 0 Å². The van der Waals surface area contributed by atoms with Gasteiger partial charge in [-0.1, -0.05) is 44.2 Å². The van der Waals surface area contributed by atoms with Crippen LogP contribution in [0.15, 0.2) is 18.2 Å². The first-order valence-electron chi connectivity index (χ1n) is 13.2. The summed E-state index contributed by atoms with van der Waals surface area (Å²) in [7, 11) is 1.62. The molecule has 1 unspecified atom stereocenters. The van der Waals surface area contributed by atoms with Crippen LogP contribution in [0.1, 0.15) is 65.2 Å². The third-order valence-electron chi connectivity index (χ3n) is 7.22. The maximum Gasteiger partial charge on any atom is 0.236 e. The van der Waals surface area contributed by atoms with E-state index in [4.69, 9.17) is 31.3 Å². The highest BCUT2D eigenvalue weighted by Gasteiger charge is 2.24. The van der Waals surface area contributed by atoms with Crippen LogP contribution in [0.5, 0.6) is 5.75 Å². The molecule has 9 heteroatoms. The average molecular weight is 502 g/mol. The summed E-state index contributed by atoms with van der Waals surface area (Å²) in [6.45, 7) is 8.09. The van der Waals surface area contributed by atoms with Gasteiger partial charge in [0.05, 0.1) is 12.1 Å². The lowest BCUT2D eigenvalue weighted by atomic mass is 10.1. The minimum atomic E-state index is 0.400. The van der Waals surface area contributed by atoms with Gasteiger partial charge in [-0.05, 0) is 63.9 Å². The fraction of sp³-hybridized carbons (Fsp3) is 0.654. The Morgan fingerprint density at radius 3 is 2.49 bits per heavy atom. The standard InChI is InChI=1S/C26H40ClN7O/c1-4-33-16-10-13-21(33)18-28-24-30-25(29-19-11-8-6-7-9-12-19)32-26(31-24)34(5-2)20-14-15-23(35-3)22(27)17-20/h14-15,17,19,21H,4-13,16,18H2,1-3H3,(H2,28,29,30,31,32). The van der Waals surface area contributed by atoms with Crippen LogP contribution in [-0.4, -0.2) is 65.2 Å². The molecule has 4 rings (SSSR count). The molecule has 192 valence electrons. The molecule has 1 aromatic carbocycles. The first-order chi connectivity index (χ1) is 17.1. The number of nitrogens with zero attached hydrogens (tertiary/aromatic N) is 5. The molecule has 2 N–H and O–H groups in total. The number of ether oxygens (including phenoxy) is 1. The Balaban J connectivity index is 1.60. The van der Waals surface area contributed by atoms with Crippen molar-refractivity contribution in [2.45, 2.75) is 77.3 Å². The van der Waals surface area contributed by atoms with Gasteiger partial charge in [0.2, 0.25) is 17.8 Å². The van der Waals surface area contributed by atoms with Crippen molar-refractivity contribution in [3.8, 4) is 5.75 Å². The molecule has 1 aromatic heterocycles. The van der Waals surface area contributed by atoms with Crippen molar-refractivity contribution in [3.63, 3.8) is 0 Å². The predicted molar refractivity (Wildman–Crippen MR) is 144 cm³/mol. The number of methoxy groups -OCH3 is 1. The Morgan fingerprint density at radius 1 is 1.03 bits per heavy atom. The number of rotatable bonds is 10. The van der Waals surface area contributed by atoms with Gasteiger partial charge in [0.1, 0.15) is 5.75 Å². The van der Waals surface area contributed by atoms with Gasteiger partial charge in [-0.2, -0.15) is 15.0 Å². The fourth-order valence-electron chi connectivity index (χ4n) is 5.25. The van der Waals surface area contributed by atoms with Crippen LogP contribution in [0.2, 0.25) is 5.02 Å². The van der Waals surface area contributed by atoms with Gasteiger partial charge < -0.3 is 20.3 Å². The highest BCUT2D eigenvalue weighted by molar-refractivity contribution is 6.32. The van der Waals surface area contributed by atoms with Crippen LogP contribution in [0.25, 0.3) is 0 Å². The normalized spacial score (nSPS) is 19.4. The molecule has 0 bridgehead atoms. The molecule has 0 radical (unpaired) electrons. The average Bonchev–Trinajstić information content (AvgIpc) is 3.18. The third kappa shape index (κ3) is 6.67. The summed E-state index contributed by atoms with van der Waals surface area (Å²) in [4.78, 5) is 19.1. The molecule has 0 amide bonds. The van der Waals surface area contributed by atoms with Crippen molar-refractivity contribution < 1.29 is 4.74 Å². The van der Waals surface area contributed by atoms with Crippen LogP contribution < -0.4 is 20.3 Å². The Morgan fingerprint density at radius 2 is 1.80 bits per heavy atom. The second-order valence-corrected chi connectivity index (χ2v) is 9.89. The van der Waals surface area contributed by atoms with Crippen LogP contribution in [0, 0.1) is 0 Å². The van der Waals surface area contributed by atoms with Gasteiger partial charge in [-0.3, -0.25) is 4.90 Å². The number of benzene rings is 1. The van der Waals surface area contributed by atoms with E-state index in [1.54, 1.807) is 7.11 Å². The smallest absolute Gasteiger partial charge is 0.236 e. The van der Waals surface area contributed by atoms with E-state index in [0.717, 1.165) is 31.6 Å². The van der Waals surface area contributed by atoms with Gasteiger partial charge in [-0.25, -0.2) is 0 Å². The van der Waals surface area contributed by atoms with Gasteiger partial charge in [-0.15, -0.1) is 0 Å². The molecule has 2 heterocycles. The minimum absolute atomic E-state index is 0.400. The molecule has 1 aliphatic heterocycles. The van der Waals surface area contributed by atoms with Crippen molar-refractivity contribution in [1.29, 1.82) is 0 Å². The largest absolute Gasteiger partial charge is 0.495 e. The highest BCUT2D eigenvalue weighted by atomic mass is 35.5. The molecule has 8 nitrogen and oxygen atoms in total. The second-order valence-electron chi connectivity index (χ2n) is 9.48. The van der Waals surface area contributed by atoms with E-state index in [1.807, 2.05) is 18.2 Å². The van der Waals surface area contributed by atoms with Crippen molar-refractivity contribution in [2.75, 3.05) is 48.8 Å². The van der Waals surface area contributed by atoms with E-state index in [0.29, 0.717) is 47.2 Å². The molecular weight excluding hydrogens is 462 g/mol. The SMILES string of the molecule is CCN(c1ccc(OC)c(Cl)c1)c1nc(NCC2CCCN2CC)nc(NC2CCCCCC2)n1. The zero-order chi connectivity index (χ0) is 24.6. The summed E-state index contributed by atoms with van der Waals surface area (Å²) < 4.78 is 5.33. The predicted octanol–water partition coefficient (Wildman–Crippen LogP) is 5.72. The second kappa shape index (κ2) is 12.6. The maximum absolute atomic E-state index is 6.44. The number of hydrogen-bond donors (Lipinski definition) is 2. The first kappa shape index (κ1) is 25.8. The summed E-state index contributed by atoms with van der Waals surface area (Å²) in [5.74, 6) is 2.52. The number of nitrogens with one attached hydrogen (secondary N) is 2. The molecule has 1 saturated carbocycles. The molecule has 2 aromatic rings. The van der Waals surface area contributed by atoms with Gasteiger partial charge in [0.15, 0.2) is 0 Å². The number of likely N-dealkylation sites (tertiary alicyclic amines) is 1. The molecule has 1 saturated heterocycles. The summed E-state index contributed by atoms with van der Waals surface area (Å²) in [5, 5.41) is 7.71. The van der Waals surface area contributed by atoms with E-state index >= 15 is 0 Å². The van der Waals surface area contributed by atoms with Crippen molar-refractivity contribution in [1.82, 2.24) is 19.9 Å². The van der Waals surface area contributed by atoms with Crippen LogP contribution in [-0.2, 0) is 0 Å². The quantitative estimate of drug-likeness (QED) is 0.400. The van der Waals surface area contributed by atoms with E-state index < -0.39 is 0 Å². The zero-order valence-corrected chi connectivity index (χ0v) is 22.2. The zero-order valence-electron chi connectivity index (χ0n) is 21.4. The molecule has 0 spiro atoms. The van der Waals surface area contributed by atoms with Crippen LogP contribution in [0.3, 0.4) is 0 Å². The molecular formula is C26H40ClN7O. The van der Waals surface area contributed by atoms with Gasteiger partial charge in [0.25, 0.3) is 0 Å². The number of halogens is 1. The Labute approximate surface area is 214 Å². The lowest BCUT2D eigenvalue weighted by Gasteiger charge is -2.25. The number of anilines is 4. The highest BCUT2D eigenvalue weighted by Crippen LogP contribution is 2.32. The van der Waals surface area contributed by atoms with Crippen LogP contribution >= 0.6 is 11.6 Å². The topological polar surface area (TPSA) is 78.4 Å². The fourth-order valence-corrected chi connectivity index (χ4v) is 5.50. The monoisotopic (exact) mass is 501 g/mol. The Bertz CT molecular complexity index is 951. The van der Waals surface area contributed by atoms with E-state index in [2.05, 4.69) is 34.3 Å². The van der Waals surface area contributed by atoms with Crippen LogP contribution in [0.4, 0.5) is 23.5 Å². The Kier molecular flexibility index (Phi) is 9.26.